The molecule has 2 aromatic rings. The maximum atomic E-state index is 13.2. The summed E-state index contributed by atoms with van der Waals surface area (Å²) < 4.78 is 69.8. The summed E-state index contributed by atoms with van der Waals surface area (Å²) in [6.45, 7) is 1.76. The Bertz CT molecular complexity index is 926. The summed E-state index contributed by atoms with van der Waals surface area (Å²) in [4.78, 5) is -0.323. The van der Waals surface area contributed by atoms with E-state index in [0.717, 1.165) is 17.7 Å². The van der Waals surface area contributed by atoms with E-state index in [-0.39, 0.29) is 24.3 Å². The number of benzene rings is 2. The first kappa shape index (κ1) is 20.2. The molecule has 27 heavy (non-hydrogen) atoms. The van der Waals surface area contributed by atoms with Gasteiger partial charge in [0.25, 0.3) is 0 Å². The molecule has 0 radical (unpaired) electrons. The van der Waals surface area contributed by atoms with Gasteiger partial charge in [-0.05, 0) is 55.7 Å². The molecule has 1 aliphatic rings. The van der Waals surface area contributed by atoms with E-state index in [2.05, 4.69) is 0 Å². The van der Waals surface area contributed by atoms with Crippen molar-refractivity contribution in [3.63, 3.8) is 0 Å². The van der Waals surface area contributed by atoms with Gasteiger partial charge in [-0.1, -0.05) is 29.8 Å². The SMILES string of the molecule is C[C@@]1(S(=O)(=O)c2cccc(C(F)(F)F)c2)CCO[C@@H](c2ccc(Cl)cc2)C1. The van der Waals surface area contributed by atoms with Crippen LogP contribution in [0.1, 0.15) is 37.0 Å². The van der Waals surface area contributed by atoms with Crippen LogP contribution in [0.4, 0.5) is 13.2 Å². The molecule has 0 aliphatic carbocycles. The second-order valence-corrected chi connectivity index (χ2v) is 9.74. The molecule has 0 unspecified atom stereocenters. The van der Waals surface area contributed by atoms with Gasteiger partial charge in [-0.2, -0.15) is 13.2 Å². The minimum Gasteiger partial charge on any atom is -0.373 e. The van der Waals surface area contributed by atoms with Crippen LogP contribution in [0.25, 0.3) is 0 Å². The van der Waals surface area contributed by atoms with Crippen molar-refractivity contribution in [2.75, 3.05) is 6.61 Å². The van der Waals surface area contributed by atoms with Crippen molar-refractivity contribution < 1.29 is 26.3 Å². The van der Waals surface area contributed by atoms with Gasteiger partial charge in [0.15, 0.2) is 9.84 Å². The summed E-state index contributed by atoms with van der Waals surface area (Å²) in [5, 5.41) is 0.550. The minimum absolute atomic E-state index is 0.146. The zero-order valence-electron chi connectivity index (χ0n) is 14.5. The van der Waals surface area contributed by atoms with Crippen LogP contribution in [0.2, 0.25) is 5.02 Å². The van der Waals surface area contributed by atoms with E-state index in [4.69, 9.17) is 16.3 Å². The molecule has 0 bridgehead atoms. The van der Waals surface area contributed by atoms with E-state index in [0.29, 0.717) is 11.1 Å². The molecule has 2 atom stereocenters. The van der Waals surface area contributed by atoms with Crippen LogP contribution in [0.5, 0.6) is 0 Å². The molecule has 1 heterocycles. The van der Waals surface area contributed by atoms with Crippen molar-refractivity contribution in [1.82, 2.24) is 0 Å². The van der Waals surface area contributed by atoms with Crippen molar-refractivity contribution in [3.05, 3.63) is 64.7 Å². The molecular formula is C19H18ClF3O3S. The molecular weight excluding hydrogens is 401 g/mol. The molecule has 2 aromatic carbocycles. The number of alkyl halides is 3. The van der Waals surface area contributed by atoms with Gasteiger partial charge in [-0.3, -0.25) is 0 Å². The van der Waals surface area contributed by atoms with Gasteiger partial charge in [0.2, 0.25) is 0 Å². The van der Waals surface area contributed by atoms with Crippen LogP contribution >= 0.6 is 11.6 Å². The van der Waals surface area contributed by atoms with Crippen LogP contribution in [0.15, 0.2) is 53.4 Å². The highest BCUT2D eigenvalue weighted by Gasteiger charge is 2.45. The second-order valence-electron chi connectivity index (χ2n) is 6.84. The molecule has 146 valence electrons. The molecule has 8 heteroatoms. The van der Waals surface area contributed by atoms with E-state index in [1.165, 1.54) is 6.07 Å². The fraction of sp³-hybridized carbons (Fsp3) is 0.368. The second kappa shape index (κ2) is 7.11. The normalized spacial score (nSPS) is 24.0. The lowest BCUT2D eigenvalue weighted by molar-refractivity contribution is -0.137. The van der Waals surface area contributed by atoms with E-state index in [1.807, 2.05) is 0 Å². The summed E-state index contributed by atoms with van der Waals surface area (Å²) >= 11 is 5.88. The first-order valence-corrected chi connectivity index (χ1v) is 10.2. The number of hydrogen-bond donors (Lipinski definition) is 0. The van der Waals surface area contributed by atoms with Crippen molar-refractivity contribution in [2.45, 2.75) is 41.7 Å². The molecule has 1 aliphatic heterocycles. The Morgan fingerprint density at radius 2 is 1.81 bits per heavy atom. The predicted octanol–water partition coefficient (Wildman–Crippen LogP) is 5.44. The maximum absolute atomic E-state index is 13.2. The Balaban J connectivity index is 1.94. The monoisotopic (exact) mass is 418 g/mol. The smallest absolute Gasteiger partial charge is 0.373 e. The summed E-state index contributed by atoms with van der Waals surface area (Å²) in [7, 11) is -4.00. The third-order valence-corrected chi connectivity index (χ3v) is 7.72. The first-order valence-electron chi connectivity index (χ1n) is 8.32. The molecule has 1 saturated heterocycles. The highest BCUT2D eigenvalue weighted by Crippen LogP contribution is 2.42. The van der Waals surface area contributed by atoms with Crippen LogP contribution in [-0.2, 0) is 20.8 Å². The largest absolute Gasteiger partial charge is 0.416 e. The average molecular weight is 419 g/mol. The van der Waals surface area contributed by atoms with Crippen molar-refractivity contribution >= 4 is 21.4 Å². The van der Waals surface area contributed by atoms with Gasteiger partial charge < -0.3 is 4.74 Å². The number of halogens is 4. The molecule has 0 aromatic heterocycles. The molecule has 0 amide bonds. The molecule has 3 nitrogen and oxygen atoms in total. The van der Waals surface area contributed by atoms with Gasteiger partial charge in [0.1, 0.15) is 0 Å². The standard InChI is InChI=1S/C19H18ClF3O3S/c1-18(9-10-26-17(12-18)13-5-7-15(20)8-6-13)27(24,25)16-4-2-3-14(11-16)19(21,22)23/h2-8,11,17H,9-10,12H2,1H3/t17-,18-/m1/s1. The van der Waals surface area contributed by atoms with Crippen molar-refractivity contribution in [2.24, 2.45) is 0 Å². The Labute approximate surface area is 161 Å². The third-order valence-electron chi connectivity index (χ3n) is 4.93. The van der Waals surface area contributed by atoms with Crippen LogP contribution in [-0.4, -0.2) is 19.8 Å². The van der Waals surface area contributed by atoms with Gasteiger partial charge in [0.05, 0.1) is 21.3 Å². The van der Waals surface area contributed by atoms with Crippen LogP contribution in [0.3, 0.4) is 0 Å². The maximum Gasteiger partial charge on any atom is 0.416 e. The van der Waals surface area contributed by atoms with Crippen molar-refractivity contribution in [1.29, 1.82) is 0 Å². The summed E-state index contributed by atoms with van der Waals surface area (Å²) in [6.07, 6.45) is -4.72. The molecule has 0 N–H and O–H groups in total. The molecule has 0 spiro atoms. The summed E-state index contributed by atoms with van der Waals surface area (Å²) in [5.74, 6) is 0. The molecule has 1 fully saturated rings. The quantitative estimate of drug-likeness (QED) is 0.666. The highest BCUT2D eigenvalue weighted by molar-refractivity contribution is 7.92. The molecule has 3 rings (SSSR count). The topological polar surface area (TPSA) is 43.4 Å². The number of rotatable bonds is 3. The lowest BCUT2D eigenvalue weighted by Gasteiger charge is -2.38. The van der Waals surface area contributed by atoms with E-state index < -0.39 is 32.4 Å². The van der Waals surface area contributed by atoms with Gasteiger partial charge >= 0.3 is 6.18 Å². The lowest BCUT2D eigenvalue weighted by atomic mass is 9.92. The van der Waals surface area contributed by atoms with Gasteiger partial charge in [-0.15, -0.1) is 0 Å². The number of ether oxygens (including phenoxy) is 1. The van der Waals surface area contributed by atoms with Gasteiger partial charge in [-0.25, -0.2) is 8.42 Å². The van der Waals surface area contributed by atoms with Crippen LogP contribution < -0.4 is 0 Å². The predicted molar refractivity (Wildman–Crippen MR) is 96.4 cm³/mol. The molecule has 0 saturated carbocycles. The Kier molecular flexibility index (Phi) is 5.31. The Hall–Kier alpha value is -1.57. The van der Waals surface area contributed by atoms with Crippen molar-refractivity contribution in [3.8, 4) is 0 Å². The van der Waals surface area contributed by atoms with E-state index in [1.54, 1.807) is 31.2 Å². The van der Waals surface area contributed by atoms with E-state index in [9.17, 15) is 21.6 Å². The zero-order chi connectivity index (χ0) is 19.9. The zero-order valence-corrected chi connectivity index (χ0v) is 16.0. The van der Waals surface area contributed by atoms with E-state index >= 15 is 0 Å². The first-order chi connectivity index (χ1) is 12.5. The average Bonchev–Trinajstić information content (AvgIpc) is 2.61. The highest BCUT2D eigenvalue weighted by atomic mass is 35.5. The lowest BCUT2D eigenvalue weighted by Crippen LogP contribution is -2.42. The fourth-order valence-corrected chi connectivity index (χ4v) is 5.19. The fourth-order valence-electron chi connectivity index (χ4n) is 3.23. The number of sulfone groups is 1. The summed E-state index contributed by atoms with van der Waals surface area (Å²) in [5.41, 5.74) is -0.196. The summed E-state index contributed by atoms with van der Waals surface area (Å²) in [6, 6.07) is 10.8. The van der Waals surface area contributed by atoms with Gasteiger partial charge in [0, 0.05) is 11.6 Å². The Morgan fingerprint density at radius 3 is 2.44 bits per heavy atom. The van der Waals surface area contributed by atoms with Crippen LogP contribution in [0, 0.1) is 0 Å². The number of hydrogen-bond acceptors (Lipinski definition) is 3. The Morgan fingerprint density at radius 1 is 1.15 bits per heavy atom. The third kappa shape index (κ3) is 4.00. The minimum atomic E-state index is -4.60.